The molecule has 3 heterocycles. The summed E-state index contributed by atoms with van der Waals surface area (Å²) in [5.41, 5.74) is 1.74. The molecular formula is C25H22FN7O4. The number of nitrogens with zero attached hydrogens (tertiary/aromatic N) is 4. The fourth-order valence-corrected chi connectivity index (χ4v) is 3.42. The van der Waals surface area contributed by atoms with Crippen LogP contribution in [0.25, 0.3) is 11.4 Å². The number of carbonyl (C=O) groups is 2. The van der Waals surface area contributed by atoms with Gasteiger partial charge in [-0.3, -0.25) is 4.79 Å². The van der Waals surface area contributed by atoms with Crippen LogP contribution in [-0.4, -0.2) is 50.6 Å². The minimum atomic E-state index is -1.09. The van der Waals surface area contributed by atoms with E-state index in [1.54, 1.807) is 31.2 Å². The maximum absolute atomic E-state index is 13.3. The molecule has 1 aromatic carbocycles. The molecule has 4 N–H and O–H groups in total. The lowest BCUT2D eigenvalue weighted by Gasteiger charge is -2.17. The van der Waals surface area contributed by atoms with E-state index in [9.17, 15) is 14.0 Å². The molecule has 12 heteroatoms. The molecule has 188 valence electrons. The van der Waals surface area contributed by atoms with Gasteiger partial charge in [-0.15, -0.1) is 0 Å². The number of pyridine rings is 2. The molecule has 4 rings (SSSR count). The fourth-order valence-electron chi connectivity index (χ4n) is 3.42. The van der Waals surface area contributed by atoms with Gasteiger partial charge in [0.05, 0.1) is 47.6 Å². The number of hydrogen-bond donors (Lipinski definition) is 4. The zero-order chi connectivity index (χ0) is 26.4. The first-order valence-electron chi connectivity index (χ1n) is 11.1. The van der Waals surface area contributed by atoms with E-state index in [1.165, 1.54) is 31.6 Å². The van der Waals surface area contributed by atoms with Gasteiger partial charge >= 0.3 is 5.97 Å². The first-order chi connectivity index (χ1) is 17.9. The van der Waals surface area contributed by atoms with Crippen molar-refractivity contribution >= 4 is 34.9 Å². The molecule has 0 unspecified atom stereocenters. The van der Waals surface area contributed by atoms with Gasteiger partial charge in [0, 0.05) is 25.0 Å². The summed E-state index contributed by atoms with van der Waals surface area (Å²) in [5.74, 6) is -0.632. The predicted molar refractivity (Wildman–Crippen MR) is 134 cm³/mol. The summed E-state index contributed by atoms with van der Waals surface area (Å²) >= 11 is 0. The van der Waals surface area contributed by atoms with E-state index in [0.29, 0.717) is 40.9 Å². The number of carboxylic acid groups (broad SMARTS) is 1. The summed E-state index contributed by atoms with van der Waals surface area (Å²) in [4.78, 5) is 40.3. The Morgan fingerprint density at radius 2 is 1.70 bits per heavy atom. The molecule has 0 spiro atoms. The number of anilines is 4. The van der Waals surface area contributed by atoms with E-state index < -0.39 is 11.8 Å². The minimum Gasteiger partial charge on any atom is -0.494 e. The lowest BCUT2D eigenvalue weighted by molar-refractivity contribution is 0.0696. The standard InChI is InChI=1S/C25H22FN7O4/c1-3-27-24(34)17-13-29-21(33-20-8-7-14(10-28-20)25(35)36)9-19(17)32-18-6-4-5-16(22(18)37-2)23-30-11-15(26)12-31-23/h4-13H,3H2,1-2H3,(H,27,34)(H,35,36)(H2,28,29,32,33). The van der Waals surface area contributed by atoms with Crippen molar-refractivity contribution in [2.24, 2.45) is 0 Å². The first kappa shape index (κ1) is 25.0. The van der Waals surface area contributed by atoms with Crippen molar-refractivity contribution in [3.8, 4) is 17.1 Å². The molecule has 37 heavy (non-hydrogen) atoms. The summed E-state index contributed by atoms with van der Waals surface area (Å²) in [5, 5.41) is 18.0. The van der Waals surface area contributed by atoms with Gasteiger partial charge in [-0.1, -0.05) is 6.07 Å². The fraction of sp³-hybridized carbons (Fsp3) is 0.120. The summed E-state index contributed by atoms with van der Waals surface area (Å²) in [6.07, 6.45) is 4.75. The molecule has 0 saturated heterocycles. The zero-order valence-electron chi connectivity index (χ0n) is 19.8. The van der Waals surface area contributed by atoms with Gasteiger partial charge in [0.1, 0.15) is 11.6 Å². The topological polar surface area (TPSA) is 151 Å². The molecule has 1 amide bonds. The monoisotopic (exact) mass is 503 g/mol. The summed E-state index contributed by atoms with van der Waals surface area (Å²) in [6, 6.07) is 9.74. The van der Waals surface area contributed by atoms with Crippen LogP contribution < -0.4 is 20.7 Å². The average molecular weight is 503 g/mol. The minimum absolute atomic E-state index is 0.0459. The van der Waals surface area contributed by atoms with Gasteiger partial charge in [0.15, 0.2) is 17.4 Å². The van der Waals surface area contributed by atoms with Crippen LogP contribution in [0.1, 0.15) is 27.6 Å². The van der Waals surface area contributed by atoms with E-state index in [0.717, 1.165) is 12.4 Å². The second-order valence-electron chi connectivity index (χ2n) is 7.57. The Hall–Kier alpha value is -5.13. The van der Waals surface area contributed by atoms with E-state index >= 15 is 0 Å². The Morgan fingerprint density at radius 3 is 2.35 bits per heavy atom. The molecule has 0 bridgehead atoms. The number of para-hydroxylation sites is 1. The van der Waals surface area contributed by atoms with Crippen molar-refractivity contribution in [1.82, 2.24) is 25.3 Å². The van der Waals surface area contributed by atoms with Crippen molar-refractivity contribution in [1.29, 1.82) is 0 Å². The Morgan fingerprint density at radius 1 is 0.946 bits per heavy atom. The molecule has 0 aliphatic rings. The quantitative estimate of drug-likeness (QED) is 0.264. The lowest BCUT2D eigenvalue weighted by Crippen LogP contribution is -2.24. The summed E-state index contributed by atoms with van der Waals surface area (Å²) in [6.45, 7) is 2.22. The molecule has 3 aromatic heterocycles. The molecule has 0 aliphatic heterocycles. The number of methoxy groups -OCH3 is 1. The number of carboxylic acids is 1. The molecule has 0 radical (unpaired) electrons. The normalized spacial score (nSPS) is 10.5. The molecular weight excluding hydrogens is 481 g/mol. The van der Waals surface area contributed by atoms with Crippen molar-refractivity contribution in [2.75, 3.05) is 24.3 Å². The van der Waals surface area contributed by atoms with Crippen LogP contribution in [0.15, 0.2) is 61.2 Å². The van der Waals surface area contributed by atoms with E-state index in [2.05, 4.69) is 35.9 Å². The van der Waals surface area contributed by atoms with Gasteiger partial charge in [-0.2, -0.15) is 0 Å². The highest BCUT2D eigenvalue weighted by atomic mass is 19.1. The maximum Gasteiger partial charge on any atom is 0.337 e. The molecule has 11 nitrogen and oxygen atoms in total. The third-order valence-electron chi connectivity index (χ3n) is 5.10. The Bertz CT molecular complexity index is 1430. The molecule has 0 atom stereocenters. The smallest absolute Gasteiger partial charge is 0.337 e. The highest BCUT2D eigenvalue weighted by Crippen LogP contribution is 2.37. The number of aromatic carboxylic acids is 1. The molecule has 0 fully saturated rings. The number of nitrogens with one attached hydrogen (secondary N) is 3. The second-order valence-corrected chi connectivity index (χ2v) is 7.57. The van der Waals surface area contributed by atoms with Crippen LogP contribution in [-0.2, 0) is 0 Å². The number of ether oxygens (including phenoxy) is 1. The number of hydrogen-bond acceptors (Lipinski definition) is 9. The van der Waals surface area contributed by atoms with E-state index in [1.807, 2.05) is 0 Å². The number of aromatic nitrogens is 4. The van der Waals surface area contributed by atoms with Crippen LogP contribution in [0, 0.1) is 5.82 Å². The van der Waals surface area contributed by atoms with Crippen LogP contribution >= 0.6 is 0 Å². The number of benzene rings is 1. The van der Waals surface area contributed by atoms with Gasteiger partial charge in [0.2, 0.25) is 0 Å². The highest BCUT2D eigenvalue weighted by Gasteiger charge is 2.18. The van der Waals surface area contributed by atoms with Crippen LogP contribution in [0.2, 0.25) is 0 Å². The molecule has 0 aliphatic carbocycles. The Labute approximate surface area is 210 Å². The Kier molecular flexibility index (Phi) is 7.48. The SMILES string of the molecule is CCNC(=O)c1cnc(Nc2ccc(C(=O)O)cn2)cc1Nc1cccc(-c2ncc(F)cn2)c1OC. The van der Waals surface area contributed by atoms with Crippen LogP contribution in [0.5, 0.6) is 5.75 Å². The lowest BCUT2D eigenvalue weighted by atomic mass is 10.1. The predicted octanol–water partition coefficient (Wildman–Crippen LogP) is 4.02. The molecule has 4 aromatic rings. The van der Waals surface area contributed by atoms with Gasteiger partial charge in [0.25, 0.3) is 5.91 Å². The summed E-state index contributed by atoms with van der Waals surface area (Å²) in [7, 11) is 1.48. The average Bonchev–Trinajstić information content (AvgIpc) is 2.89. The van der Waals surface area contributed by atoms with E-state index in [4.69, 9.17) is 9.84 Å². The van der Waals surface area contributed by atoms with Gasteiger partial charge < -0.3 is 25.8 Å². The van der Waals surface area contributed by atoms with E-state index in [-0.39, 0.29) is 22.9 Å². The zero-order valence-corrected chi connectivity index (χ0v) is 19.8. The third-order valence-corrected chi connectivity index (χ3v) is 5.10. The second kappa shape index (κ2) is 11.1. The highest BCUT2D eigenvalue weighted by molar-refractivity contribution is 6.01. The summed E-state index contributed by atoms with van der Waals surface area (Å²) < 4.78 is 18.9. The third kappa shape index (κ3) is 5.75. The number of amides is 1. The van der Waals surface area contributed by atoms with Crippen molar-refractivity contribution < 1.29 is 23.8 Å². The number of halogens is 1. The maximum atomic E-state index is 13.3. The van der Waals surface area contributed by atoms with Crippen molar-refractivity contribution in [2.45, 2.75) is 6.92 Å². The van der Waals surface area contributed by atoms with Gasteiger partial charge in [-0.05, 0) is 31.2 Å². The van der Waals surface area contributed by atoms with Crippen LogP contribution in [0.4, 0.5) is 27.4 Å². The number of rotatable bonds is 9. The first-order valence-corrected chi connectivity index (χ1v) is 11.1. The van der Waals surface area contributed by atoms with Crippen molar-refractivity contribution in [3.63, 3.8) is 0 Å². The largest absolute Gasteiger partial charge is 0.494 e. The van der Waals surface area contributed by atoms with Gasteiger partial charge in [-0.25, -0.2) is 29.1 Å². The Balaban J connectivity index is 1.71. The number of carbonyl (C=O) groups excluding carboxylic acids is 1. The molecule has 0 saturated carbocycles. The van der Waals surface area contributed by atoms with Crippen LogP contribution in [0.3, 0.4) is 0 Å². The van der Waals surface area contributed by atoms with Crippen molar-refractivity contribution in [3.05, 3.63) is 78.1 Å².